The largest absolute Gasteiger partial charge is 0.355 e. The third-order valence-electron chi connectivity index (χ3n) is 5.52. The lowest BCUT2D eigenvalue weighted by Gasteiger charge is -2.38. The molecule has 1 fully saturated rings. The number of benzene rings is 1. The Morgan fingerprint density at radius 1 is 1.34 bits per heavy atom. The molecule has 2 aromatic rings. The average molecular weight is 400 g/mol. The molecule has 0 unspecified atom stereocenters. The topological polar surface area (TPSA) is 67.2 Å². The molecule has 3 atom stereocenters. The van der Waals surface area contributed by atoms with E-state index in [0.717, 1.165) is 5.56 Å². The Hall–Kier alpha value is -2.70. The van der Waals surface area contributed by atoms with Crippen molar-refractivity contribution in [3.05, 3.63) is 53.6 Å². The van der Waals surface area contributed by atoms with Gasteiger partial charge >= 0.3 is 0 Å². The minimum Gasteiger partial charge on any atom is -0.355 e. The Morgan fingerprint density at radius 3 is 2.62 bits per heavy atom. The Kier molecular flexibility index (Phi) is 5.78. The predicted molar refractivity (Wildman–Crippen MR) is 108 cm³/mol. The number of nitrogens with one attached hydrogen (secondary N) is 1. The van der Waals surface area contributed by atoms with Gasteiger partial charge in [0.25, 0.3) is 0 Å². The molecule has 1 aliphatic heterocycles. The van der Waals surface area contributed by atoms with Gasteiger partial charge in [-0.05, 0) is 39.3 Å². The van der Waals surface area contributed by atoms with Gasteiger partial charge in [0, 0.05) is 43.2 Å². The molecule has 29 heavy (non-hydrogen) atoms. The summed E-state index contributed by atoms with van der Waals surface area (Å²) in [6.45, 7) is 8.06. The highest BCUT2D eigenvalue weighted by Crippen LogP contribution is 2.42. The van der Waals surface area contributed by atoms with Gasteiger partial charge in [-0.1, -0.05) is 18.2 Å². The summed E-state index contributed by atoms with van der Waals surface area (Å²) in [5.41, 5.74) is 0.971. The monoisotopic (exact) mass is 400 g/mol. The van der Waals surface area contributed by atoms with Crippen LogP contribution in [0.1, 0.15) is 57.2 Å². The van der Waals surface area contributed by atoms with Gasteiger partial charge in [-0.25, -0.2) is 4.39 Å². The minimum atomic E-state index is -0.608. The summed E-state index contributed by atoms with van der Waals surface area (Å²) in [4.78, 5) is 27.4. The summed E-state index contributed by atoms with van der Waals surface area (Å²) in [6.07, 6.45) is 4.04. The van der Waals surface area contributed by atoms with Crippen LogP contribution in [0.5, 0.6) is 0 Å². The van der Waals surface area contributed by atoms with Crippen LogP contribution in [0.25, 0.3) is 0 Å². The van der Waals surface area contributed by atoms with Crippen LogP contribution in [0.4, 0.5) is 4.39 Å². The molecule has 0 radical (unpaired) electrons. The number of aryl methyl sites for hydroxylation is 1. The number of nitrogens with zero attached hydrogens (tertiary/aromatic N) is 3. The molecule has 1 aliphatic rings. The van der Waals surface area contributed by atoms with Crippen LogP contribution in [0.15, 0.2) is 36.7 Å². The number of rotatable bonds is 5. The Bertz CT molecular complexity index is 902. The first-order chi connectivity index (χ1) is 13.6. The van der Waals surface area contributed by atoms with Gasteiger partial charge in [-0.3, -0.25) is 14.3 Å². The molecule has 0 spiro atoms. The van der Waals surface area contributed by atoms with Crippen molar-refractivity contribution in [2.75, 3.05) is 6.54 Å². The van der Waals surface area contributed by atoms with Crippen LogP contribution >= 0.6 is 0 Å². The summed E-state index contributed by atoms with van der Waals surface area (Å²) in [7, 11) is 1.84. The van der Waals surface area contributed by atoms with E-state index in [1.807, 2.05) is 38.9 Å². The lowest BCUT2D eigenvalue weighted by Crippen LogP contribution is -2.45. The SMILES string of the molecule is C[C@@H](C(=O)NC[C@@H]1CC(=O)N(C(C)(C)C)[C@H]1c1cnn(C)c1)c1ccccc1F. The zero-order valence-electron chi connectivity index (χ0n) is 17.6. The van der Waals surface area contributed by atoms with Crippen molar-refractivity contribution in [1.82, 2.24) is 20.0 Å². The van der Waals surface area contributed by atoms with Gasteiger partial charge in [0.1, 0.15) is 5.82 Å². The molecule has 0 bridgehead atoms. The standard InChI is InChI=1S/C22H29FN4O2/c1-14(17-8-6-7-9-18(17)23)21(29)24-11-15-10-19(28)27(22(2,3)4)20(15)16-12-25-26(5)13-16/h6-9,12-15,20H,10-11H2,1-5H3,(H,24,29)/t14-,15+,20-/m1/s1. The van der Waals surface area contributed by atoms with Crippen molar-refractivity contribution in [1.29, 1.82) is 0 Å². The van der Waals surface area contributed by atoms with Gasteiger partial charge < -0.3 is 10.2 Å². The molecule has 7 heteroatoms. The fourth-order valence-electron chi connectivity index (χ4n) is 4.14. The molecular formula is C22H29FN4O2. The molecule has 1 aromatic carbocycles. The van der Waals surface area contributed by atoms with E-state index in [1.54, 1.807) is 36.0 Å². The van der Waals surface area contributed by atoms with Crippen molar-refractivity contribution in [3.8, 4) is 0 Å². The summed E-state index contributed by atoms with van der Waals surface area (Å²) >= 11 is 0. The molecule has 1 aromatic heterocycles. The van der Waals surface area contributed by atoms with Crippen LogP contribution in [-0.4, -0.2) is 38.6 Å². The number of carbonyl (C=O) groups is 2. The molecule has 6 nitrogen and oxygen atoms in total. The molecule has 3 rings (SSSR count). The normalized spacial score (nSPS) is 20.8. The van der Waals surface area contributed by atoms with Crippen molar-refractivity contribution in [2.24, 2.45) is 13.0 Å². The molecular weight excluding hydrogens is 371 g/mol. The Labute approximate surface area is 171 Å². The highest BCUT2D eigenvalue weighted by Gasteiger charge is 2.46. The third kappa shape index (κ3) is 4.33. The third-order valence-corrected chi connectivity index (χ3v) is 5.52. The number of aromatic nitrogens is 2. The second-order valence-electron chi connectivity index (χ2n) is 8.78. The molecule has 156 valence electrons. The maximum atomic E-state index is 14.0. The maximum Gasteiger partial charge on any atom is 0.227 e. The lowest BCUT2D eigenvalue weighted by atomic mass is 9.93. The van der Waals surface area contributed by atoms with Crippen LogP contribution in [0.3, 0.4) is 0 Å². The molecule has 0 saturated carbocycles. The second kappa shape index (κ2) is 7.97. The molecule has 2 amide bonds. The first-order valence-electron chi connectivity index (χ1n) is 9.92. The highest BCUT2D eigenvalue weighted by atomic mass is 19.1. The number of carbonyl (C=O) groups excluding carboxylic acids is 2. The van der Waals surface area contributed by atoms with E-state index in [0.29, 0.717) is 18.5 Å². The van der Waals surface area contributed by atoms with Crippen LogP contribution in [-0.2, 0) is 16.6 Å². The first-order valence-corrected chi connectivity index (χ1v) is 9.92. The van der Waals surface area contributed by atoms with Crippen molar-refractivity contribution in [3.63, 3.8) is 0 Å². The lowest BCUT2D eigenvalue weighted by molar-refractivity contribution is -0.133. The summed E-state index contributed by atoms with van der Waals surface area (Å²) < 4.78 is 15.7. The fourth-order valence-corrected chi connectivity index (χ4v) is 4.14. The summed E-state index contributed by atoms with van der Waals surface area (Å²) in [5, 5.41) is 7.20. The number of amides is 2. The fraction of sp³-hybridized carbons (Fsp3) is 0.500. The first kappa shape index (κ1) is 21.0. The quantitative estimate of drug-likeness (QED) is 0.838. The minimum absolute atomic E-state index is 0.0627. The molecule has 2 heterocycles. The molecule has 1 saturated heterocycles. The van der Waals surface area contributed by atoms with Crippen LogP contribution in [0, 0.1) is 11.7 Å². The molecule has 0 aliphatic carbocycles. The summed E-state index contributed by atoms with van der Waals surface area (Å²) in [6, 6.07) is 6.14. The zero-order valence-corrected chi connectivity index (χ0v) is 17.6. The number of hydrogen-bond donors (Lipinski definition) is 1. The number of halogens is 1. The van der Waals surface area contributed by atoms with Crippen LogP contribution < -0.4 is 5.32 Å². The van der Waals surface area contributed by atoms with E-state index < -0.39 is 11.7 Å². The average Bonchev–Trinajstić information content (AvgIpc) is 3.21. The van der Waals surface area contributed by atoms with Crippen molar-refractivity contribution >= 4 is 11.8 Å². The summed E-state index contributed by atoms with van der Waals surface area (Å²) in [5.74, 6) is -1.26. The predicted octanol–water partition coefficient (Wildman–Crippen LogP) is 3.17. The number of likely N-dealkylation sites (tertiary alicyclic amines) is 1. The Balaban J connectivity index is 1.77. The van der Waals surface area contributed by atoms with Gasteiger partial charge in [-0.15, -0.1) is 0 Å². The smallest absolute Gasteiger partial charge is 0.227 e. The van der Waals surface area contributed by atoms with E-state index in [1.165, 1.54) is 6.07 Å². The van der Waals surface area contributed by atoms with E-state index >= 15 is 0 Å². The Morgan fingerprint density at radius 2 is 2.03 bits per heavy atom. The van der Waals surface area contributed by atoms with Crippen molar-refractivity contribution in [2.45, 2.75) is 51.6 Å². The highest BCUT2D eigenvalue weighted by molar-refractivity contribution is 5.84. The maximum absolute atomic E-state index is 14.0. The van der Waals surface area contributed by atoms with Gasteiger partial charge in [0.15, 0.2) is 0 Å². The van der Waals surface area contributed by atoms with E-state index in [2.05, 4.69) is 10.4 Å². The van der Waals surface area contributed by atoms with Gasteiger partial charge in [0.2, 0.25) is 11.8 Å². The molecule has 1 N–H and O–H groups in total. The van der Waals surface area contributed by atoms with Crippen LogP contribution in [0.2, 0.25) is 0 Å². The zero-order chi connectivity index (χ0) is 21.3. The van der Waals surface area contributed by atoms with Gasteiger partial charge in [0.05, 0.1) is 18.2 Å². The van der Waals surface area contributed by atoms with E-state index in [-0.39, 0.29) is 29.3 Å². The van der Waals surface area contributed by atoms with E-state index in [4.69, 9.17) is 0 Å². The number of hydrogen-bond acceptors (Lipinski definition) is 3. The van der Waals surface area contributed by atoms with Gasteiger partial charge in [-0.2, -0.15) is 5.10 Å². The second-order valence-corrected chi connectivity index (χ2v) is 8.78. The van der Waals surface area contributed by atoms with Crippen molar-refractivity contribution < 1.29 is 14.0 Å². The van der Waals surface area contributed by atoms with E-state index in [9.17, 15) is 14.0 Å².